The van der Waals surface area contributed by atoms with Gasteiger partial charge in [-0.25, -0.2) is 8.93 Å². The fraction of sp³-hybridized carbons (Fsp3) is 1.00. The van der Waals surface area contributed by atoms with Crippen LogP contribution in [0, 0.1) is 0 Å². The topological polar surface area (TPSA) is 29.1 Å². The third-order valence-corrected chi connectivity index (χ3v) is 2.31. The van der Waals surface area contributed by atoms with Crippen LogP contribution in [-0.2, 0) is 11.9 Å². The van der Waals surface area contributed by atoms with E-state index in [1.54, 1.807) is 0 Å². The highest BCUT2D eigenvalue weighted by Crippen LogP contribution is 2.16. The van der Waals surface area contributed by atoms with Gasteiger partial charge in [-0.1, -0.05) is 19.3 Å². The van der Waals surface area contributed by atoms with E-state index in [2.05, 4.69) is 4.72 Å². The summed E-state index contributed by atoms with van der Waals surface area (Å²) >= 11 is 0.0984. The van der Waals surface area contributed by atoms with E-state index in [1.807, 2.05) is 0 Å². The van der Waals surface area contributed by atoms with E-state index in [1.165, 1.54) is 32.1 Å². The summed E-state index contributed by atoms with van der Waals surface area (Å²) in [5.41, 5.74) is 0. The summed E-state index contributed by atoms with van der Waals surface area (Å²) in [5.74, 6) is 0. The number of thiol groups is 1. The Labute approximate surface area is 59.6 Å². The summed E-state index contributed by atoms with van der Waals surface area (Å²) < 4.78 is 13.0. The second kappa shape index (κ2) is 4.01. The third kappa shape index (κ3) is 2.45. The van der Waals surface area contributed by atoms with Crippen molar-refractivity contribution < 1.29 is 4.21 Å². The number of rotatable bonds is 2. The first-order valence-corrected chi connectivity index (χ1v) is 4.32. The molecule has 0 amide bonds. The molecular formula is C6H13NOS. The van der Waals surface area contributed by atoms with Crippen LogP contribution in [0.25, 0.3) is 0 Å². The summed E-state index contributed by atoms with van der Waals surface area (Å²) in [4.78, 5) is 0. The van der Waals surface area contributed by atoms with Gasteiger partial charge >= 0.3 is 0 Å². The van der Waals surface area contributed by atoms with Gasteiger partial charge in [-0.05, 0) is 12.8 Å². The molecule has 0 aliphatic heterocycles. The Hall–Kier alpha value is 0.110. The second-order valence-electron chi connectivity index (χ2n) is 2.56. The van der Waals surface area contributed by atoms with E-state index in [0.717, 1.165) is 0 Å². The minimum atomic E-state index is 0.0984. The molecule has 0 heterocycles. The third-order valence-electron chi connectivity index (χ3n) is 1.84. The Morgan fingerprint density at radius 1 is 1.22 bits per heavy atom. The van der Waals surface area contributed by atoms with E-state index < -0.39 is 0 Å². The molecule has 0 spiro atoms. The average Bonchev–Trinajstić information content (AvgIpc) is 1.91. The minimum absolute atomic E-state index is 0.0984. The first-order chi connectivity index (χ1) is 4.43. The number of nitrogens with one attached hydrogen (secondary N) is 1. The Bertz CT molecular complexity index is 91.1. The summed E-state index contributed by atoms with van der Waals surface area (Å²) in [7, 11) is 0. The van der Waals surface area contributed by atoms with Gasteiger partial charge < -0.3 is 0 Å². The lowest BCUT2D eigenvalue weighted by molar-refractivity contribution is 0.421. The highest BCUT2D eigenvalue weighted by Gasteiger charge is 2.10. The molecule has 54 valence electrons. The normalized spacial score (nSPS) is 22.2. The predicted molar refractivity (Wildman–Crippen MR) is 39.5 cm³/mol. The molecule has 1 rings (SSSR count). The van der Waals surface area contributed by atoms with Crippen molar-refractivity contribution in [1.82, 2.24) is 4.72 Å². The minimum Gasteiger partial charge on any atom is -0.246 e. The molecule has 0 radical (unpaired) electrons. The van der Waals surface area contributed by atoms with Crippen LogP contribution in [0.2, 0.25) is 0 Å². The van der Waals surface area contributed by atoms with Crippen LogP contribution in [0.3, 0.4) is 0 Å². The quantitative estimate of drug-likeness (QED) is 0.555. The maximum absolute atomic E-state index is 10.1. The zero-order chi connectivity index (χ0) is 6.53. The molecule has 0 aromatic carbocycles. The standard InChI is InChI=1S/C6H13NOS/c8-9-7-6-4-2-1-3-5-6/h6,9H,1-5H2,(H,7,8). The molecule has 2 nitrogen and oxygen atoms in total. The molecule has 0 atom stereocenters. The molecule has 0 bridgehead atoms. The smallest absolute Gasteiger partial charge is 0.0783 e. The van der Waals surface area contributed by atoms with Gasteiger partial charge in [0.2, 0.25) is 0 Å². The van der Waals surface area contributed by atoms with Crippen molar-refractivity contribution in [2.75, 3.05) is 0 Å². The van der Waals surface area contributed by atoms with Gasteiger partial charge in [0, 0.05) is 6.04 Å². The van der Waals surface area contributed by atoms with Crippen molar-refractivity contribution in [3.05, 3.63) is 0 Å². The molecule has 0 unspecified atom stereocenters. The van der Waals surface area contributed by atoms with Crippen LogP contribution in [-0.4, -0.2) is 10.3 Å². The maximum Gasteiger partial charge on any atom is 0.0783 e. The molecule has 9 heavy (non-hydrogen) atoms. The van der Waals surface area contributed by atoms with Gasteiger partial charge in [-0.15, -0.1) is 0 Å². The van der Waals surface area contributed by atoms with E-state index in [0.29, 0.717) is 6.04 Å². The van der Waals surface area contributed by atoms with Gasteiger partial charge in [0.25, 0.3) is 0 Å². The maximum atomic E-state index is 10.1. The van der Waals surface area contributed by atoms with Crippen molar-refractivity contribution in [3.8, 4) is 0 Å². The molecule has 1 fully saturated rings. The fourth-order valence-corrected chi connectivity index (χ4v) is 1.71. The molecule has 0 aromatic heterocycles. The molecular weight excluding hydrogens is 134 g/mol. The van der Waals surface area contributed by atoms with Gasteiger partial charge in [0.15, 0.2) is 0 Å². The Morgan fingerprint density at radius 3 is 2.44 bits per heavy atom. The largest absolute Gasteiger partial charge is 0.246 e. The first-order valence-electron chi connectivity index (χ1n) is 3.51. The van der Waals surface area contributed by atoms with Gasteiger partial charge in [-0.3, -0.25) is 0 Å². The Balaban J connectivity index is 2.15. The van der Waals surface area contributed by atoms with Crippen LogP contribution >= 0.6 is 0 Å². The second-order valence-corrected chi connectivity index (χ2v) is 3.00. The Kier molecular flexibility index (Phi) is 3.22. The lowest BCUT2D eigenvalue weighted by Gasteiger charge is -2.19. The summed E-state index contributed by atoms with van der Waals surface area (Å²) in [6.45, 7) is 0. The highest BCUT2D eigenvalue weighted by molar-refractivity contribution is 7.63. The van der Waals surface area contributed by atoms with Crippen molar-refractivity contribution in [3.63, 3.8) is 0 Å². The van der Waals surface area contributed by atoms with Crippen molar-refractivity contribution in [2.45, 2.75) is 38.1 Å². The molecule has 0 aromatic rings. The average molecular weight is 147 g/mol. The van der Waals surface area contributed by atoms with Crippen LogP contribution in [0.5, 0.6) is 0 Å². The van der Waals surface area contributed by atoms with Crippen LogP contribution in [0.4, 0.5) is 0 Å². The zero-order valence-corrected chi connectivity index (χ0v) is 6.36. The zero-order valence-electron chi connectivity index (χ0n) is 5.47. The van der Waals surface area contributed by atoms with E-state index in [4.69, 9.17) is 0 Å². The summed E-state index contributed by atoms with van der Waals surface area (Å²) in [5, 5.41) is 0. The fourth-order valence-electron chi connectivity index (χ4n) is 1.31. The van der Waals surface area contributed by atoms with E-state index in [9.17, 15) is 4.21 Å². The van der Waals surface area contributed by atoms with Crippen LogP contribution < -0.4 is 4.72 Å². The summed E-state index contributed by atoms with van der Waals surface area (Å²) in [6.07, 6.45) is 6.36. The van der Waals surface area contributed by atoms with E-state index >= 15 is 0 Å². The number of hydrogen-bond acceptors (Lipinski definition) is 1. The summed E-state index contributed by atoms with van der Waals surface area (Å²) in [6, 6.07) is 0.526. The van der Waals surface area contributed by atoms with Crippen molar-refractivity contribution in [2.24, 2.45) is 0 Å². The molecule has 1 N–H and O–H groups in total. The monoisotopic (exact) mass is 147 g/mol. The van der Waals surface area contributed by atoms with Gasteiger partial charge in [0.1, 0.15) is 0 Å². The van der Waals surface area contributed by atoms with Crippen molar-refractivity contribution in [1.29, 1.82) is 0 Å². The molecule has 0 saturated heterocycles. The lowest BCUT2D eigenvalue weighted by atomic mass is 9.96. The number of hydrogen-bond donors (Lipinski definition) is 2. The van der Waals surface area contributed by atoms with Crippen LogP contribution in [0.1, 0.15) is 32.1 Å². The molecule has 1 aliphatic carbocycles. The SMILES string of the molecule is O=[SH]NC1CCCCC1. The van der Waals surface area contributed by atoms with Crippen molar-refractivity contribution >= 4 is 11.9 Å². The van der Waals surface area contributed by atoms with Crippen LogP contribution in [0.15, 0.2) is 0 Å². The first kappa shape index (κ1) is 7.22. The Morgan fingerprint density at radius 2 is 1.89 bits per heavy atom. The van der Waals surface area contributed by atoms with Gasteiger partial charge in [-0.2, -0.15) is 0 Å². The predicted octanol–water partition coefficient (Wildman–Crippen LogP) is 0.769. The highest BCUT2D eigenvalue weighted by atomic mass is 32.2. The van der Waals surface area contributed by atoms with Gasteiger partial charge in [0.05, 0.1) is 11.9 Å². The van der Waals surface area contributed by atoms with E-state index in [-0.39, 0.29) is 11.9 Å². The molecule has 1 saturated carbocycles. The lowest BCUT2D eigenvalue weighted by Crippen LogP contribution is -2.27. The molecule has 3 heteroatoms. The molecule has 1 aliphatic rings.